The number of allylic oxidation sites excluding steroid dienone is 1. The minimum Gasteiger partial charge on any atom is -0.214 e. The van der Waals surface area contributed by atoms with Gasteiger partial charge in [-0.2, -0.15) is 0 Å². The van der Waals surface area contributed by atoms with E-state index in [1.165, 1.54) is 9.94 Å². The van der Waals surface area contributed by atoms with Crippen LogP contribution < -0.4 is 0 Å². The standard InChI is InChI=1S/C14H13INOS2/c15-8-11-9-16-13(17)12(19-14(16)18-11)7-6-10-4-2-1-3-5-10/h1-5,7,11H,6,8-9H2/q+1. The van der Waals surface area contributed by atoms with Crippen LogP contribution in [-0.4, -0.2) is 31.1 Å². The van der Waals surface area contributed by atoms with E-state index < -0.39 is 0 Å². The molecule has 98 valence electrons. The van der Waals surface area contributed by atoms with E-state index in [1.54, 1.807) is 11.8 Å². The lowest BCUT2D eigenvalue weighted by Crippen LogP contribution is -2.21. The highest BCUT2D eigenvalue weighted by Crippen LogP contribution is 2.39. The van der Waals surface area contributed by atoms with E-state index >= 15 is 0 Å². The van der Waals surface area contributed by atoms with Gasteiger partial charge in [-0.05, 0) is 35.5 Å². The molecule has 19 heavy (non-hydrogen) atoms. The molecule has 1 amide bonds. The number of alkyl halides is 1. The third-order valence-electron chi connectivity index (χ3n) is 3.07. The third-order valence-corrected chi connectivity index (χ3v) is 7.29. The first kappa shape index (κ1) is 13.7. The predicted octanol–water partition coefficient (Wildman–Crippen LogP) is 3.31. The smallest absolute Gasteiger partial charge is 0.214 e. The maximum absolute atomic E-state index is 12.3. The van der Waals surface area contributed by atoms with E-state index in [1.807, 2.05) is 34.5 Å². The number of rotatable bonds is 3. The summed E-state index contributed by atoms with van der Waals surface area (Å²) in [5, 5.41) is 0.572. The van der Waals surface area contributed by atoms with Gasteiger partial charge in [-0.3, -0.25) is 0 Å². The fourth-order valence-corrected chi connectivity index (χ4v) is 5.44. The Morgan fingerprint density at radius 1 is 1.37 bits per heavy atom. The number of thioether (sulfide) groups is 2. The number of amides is 1. The summed E-state index contributed by atoms with van der Waals surface area (Å²) < 4.78 is 4.21. The van der Waals surface area contributed by atoms with Crippen LogP contribution in [0.15, 0.2) is 41.3 Å². The van der Waals surface area contributed by atoms with Crippen molar-refractivity contribution < 1.29 is 9.37 Å². The minimum absolute atomic E-state index is 0.191. The van der Waals surface area contributed by atoms with Crippen molar-refractivity contribution in [1.29, 1.82) is 0 Å². The molecule has 0 saturated carbocycles. The van der Waals surface area contributed by atoms with Crippen molar-refractivity contribution in [3.8, 4) is 0 Å². The Labute approximate surface area is 134 Å². The molecule has 0 radical (unpaired) electrons. The van der Waals surface area contributed by atoms with E-state index in [0.717, 1.165) is 22.3 Å². The van der Waals surface area contributed by atoms with Gasteiger partial charge in [0.1, 0.15) is 4.91 Å². The largest absolute Gasteiger partial charge is 0.427 e. The molecule has 0 fully saturated rings. The Morgan fingerprint density at radius 3 is 2.84 bits per heavy atom. The molecule has 3 rings (SSSR count). The average Bonchev–Trinajstić information content (AvgIpc) is 2.97. The number of benzene rings is 1. The predicted molar refractivity (Wildman–Crippen MR) is 91.2 cm³/mol. The molecular formula is C14H13INOS2+. The summed E-state index contributed by atoms with van der Waals surface area (Å²) in [5.41, 5.74) is 1.25. The Morgan fingerprint density at radius 2 is 2.16 bits per heavy atom. The molecule has 1 unspecified atom stereocenters. The zero-order valence-electron chi connectivity index (χ0n) is 10.2. The summed E-state index contributed by atoms with van der Waals surface area (Å²) in [6.45, 7) is 0.872. The van der Waals surface area contributed by atoms with Crippen molar-refractivity contribution in [2.75, 3.05) is 11.0 Å². The lowest BCUT2D eigenvalue weighted by Gasteiger charge is -2.00. The maximum Gasteiger partial charge on any atom is 0.427 e. The molecule has 2 aliphatic heterocycles. The van der Waals surface area contributed by atoms with Gasteiger partial charge < -0.3 is 0 Å². The van der Waals surface area contributed by atoms with E-state index in [-0.39, 0.29) is 5.91 Å². The molecule has 0 saturated heterocycles. The van der Waals surface area contributed by atoms with Crippen molar-refractivity contribution in [3.63, 3.8) is 0 Å². The molecule has 0 N–H and O–H groups in total. The van der Waals surface area contributed by atoms with Gasteiger partial charge in [0.25, 0.3) is 4.38 Å². The number of carbonyl (C=O) groups excluding carboxylic acids is 1. The number of hydrogen-bond acceptors (Lipinski definition) is 3. The molecule has 2 nitrogen and oxygen atoms in total. The molecular weight excluding hydrogens is 389 g/mol. The van der Waals surface area contributed by atoms with Crippen molar-refractivity contribution >= 4 is 56.4 Å². The number of carbonyl (C=O) groups is 1. The third kappa shape index (κ3) is 2.92. The first-order chi connectivity index (χ1) is 9.28. The second-order valence-corrected chi connectivity index (χ2v) is 7.89. The summed E-state index contributed by atoms with van der Waals surface area (Å²) in [5.74, 6) is 0.191. The first-order valence-corrected chi connectivity index (χ1v) is 9.33. The van der Waals surface area contributed by atoms with Crippen LogP contribution in [-0.2, 0) is 11.2 Å². The summed E-state index contributed by atoms with van der Waals surface area (Å²) in [4.78, 5) is 13.2. The monoisotopic (exact) mass is 402 g/mol. The number of nitrogens with zero attached hydrogens (tertiary/aromatic N) is 1. The average molecular weight is 402 g/mol. The van der Waals surface area contributed by atoms with Crippen molar-refractivity contribution in [3.05, 3.63) is 46.9 Å². The second-order valence-electron chi connectivity index (χ2n) is 4.44. The molecule has 2 heterocycles. The van der Waals surface area contributed by atoms with Gasteiger partial charge in [-0.25, -0.2) is 4.79 Å². The van der Waals surface area contributed by atoms with Gasteiger partial charge in [0.15, 0.2) is 6.54 Å². The maximum atomic E-state index is 12.3. The molecule has 1 aromatic rings. The van der Waals surface area contributed by atoms with E-state index in [9.17, 15) is 4.79 Å². The Kier molecular flexibility index (Phi) is 4.34. The van der Waals surface area contributed by atoms with Gasteiger partial charge >= 0.3 is 5.91 Å². The number of hydrogen-bond donors (Lipinski definition) is 0. The molecule has 1 atom stereocenters. The van der Waals surface area contributed by atoms with Crippen LogP contribution >= 0.6 is 46.1 Å². The zero-order chi connectivity index (χ0) is 13.2. The molecule has 0 aromatic heterocycles. The lowest BCUT2D eigenvalue weighted by molar-refractivity contribution is -0.433. The Bertz CT molecular complexity index is 568. The molecule has 0 spiro atoms. The summed E-state index contributed by atoms with van der Waals surface area (Å²) in [6.07, 6.45) is 2.89. The van der Waals surface area contributed by atoms with Crippen molar-refractivity contribution in [1.82, 2.24) is 0 Å². The summed E-state index contributed by atoms with van der Waals surface area (Å²) in [7, 11) is 0. The highest BCUT2D eigenvalue weighted by molar-refractivity contribution is 14.1. The minimum atomic E-state index is 0.191. The van der Waals surface area contributed by atoms with E-state index in [4.69, 9.17) is 0 Å². The molecule has 5 heteroatoms. The quantitative estimate of drug-likeness (QED) is 0.335. The topological polar surface area (TPSA) is 20.1 Å². The molecule has 1 aromatic carbocycles. The zero-order valence-corrected chi connectivity index (χ0v) is 14.0. The van der Waals surface area contributed by atoms with Gasteiger partial charge in [0, 0.05) is 4.43 Å². The first-order valence-electron chi connectivity index (χ1n) is 6.11. The van der Waals surface area contributed by atoms with Crippen molar-refractivity contribution in [2.45, 2.75) is 11.7 Å². The Balaban J connectivity index is 1.69. The van der Waals surface area contributed by atoms with Gasteiger partial charge in [0.05, 0.1) is 5.25 Å². The van der Waals surface area contributed by atoms with Crippen LogP contribution in [0.4, 0.5) is 0 Å². The van der Waals surface area contributed by atoms with Gasteiger partial charge in [0.2, 0.25) is 0 Å². The Hall–Kier alpha value is -0.270. The fourth-order valence-electron chi connectivity index (χ4n) is 2.07. The van der Waals surface area contributed by atoms with Crippen molar-refractivity contribution in [2.24, 2.45) is 0 Å². The highest BCUT2D eigenvalue weighted by Gasteiger charge is 2.45. The van der Waals surface area contributed by atoms with Gasteiger partial charge in [-0.15, -0.1) is 4.58 Å². The van der Waals surface area contributed by atoms with E-state index in [2.05, 4.69) is 40.8 Å². The van der Waals surface area contributed by atoms with Crippen LogP contribution in [0.3, 0.4) is 0 Å². The summed E-state index contributed by atoms with van der Waals surface area (Å²) in [6, 6.07) is 10.3. The van der Waals surface area contributed by atoms with Crippen LogP contribution in [0, 0.1) is 0 Å². The van der Waals surface area contributed by atoms with E-state index in [0.29, 0.717) is 5.25 Å². The number of halogens is 1. The van der Waals surface area contributed by atoms with Crippen LogP contribution in [0.25, 0.3) is 0 Å². The van der Waals surface area contributed by atoms with Crippen LogP contribution in [0.1, 0.15) is 5.56 Å². The van der Waals surface area contributed by atoms with Crippen LogP contribution in [0.2, 0.25) is 0 Å². The molecule has 2 aliphatic rings. The lowest BCUT2D eigenvalue weighted by atomic mass is 10.1. The molecule has 0 aliphatic carbocycles. The van der Waals surface area contributed by atoms with Gasteiger partial charge in [-0.1, -0.05) is 59.0 Å². The molecule has 0 bridgehead atoms. The second kappa shape index (κ2) is 6.01. The SMILES string of the molecule is O=C1C(=CCc2ccccc2)SC2=[N+]1CC(CI)S2. The normalized spacial score (nSPS) is 24.4. The summed E-state index contributed by atoms with van der Waals surface area (Å²) >= 11 is 5.88. The fraction of sp³-hybridized carbons (Fsp3) is 0.286. The van der Waals surface area contributed by atoms with Crippen LogP contribution in [0.5, 0.6) is 0 Å². The highest BCUT2D eigenvalue weighted by atomic mass is 127.